The zero-order valence-corrected chi connectivity index (χ0v) is 14.6. The second kappa shape index (κ2) is 6.66. The van der Waals surface area contributed by atoms with Crippen molar-refractivity contribution in [3.63, 3.8) is 0 Å². The minimum Gasteiger partial charge on any atom is -0.320 e. The lowest BCUT2D eigenvalue weighted by Gasteiger charge is -2.35. The molecule has 0 aliphatic carbocycles. The molecule has 0 saturated carbocycles. The first-order valence-electron chi connectivity index (χ1n) is 6.42. The number of carbonyl (C=O) groups is 1. The minimum absolute atomic E-state index is 0.0412. The molecule has 1 saturated heterocycles. The molecule has 8 heteroatoms. The molecular weight excluding hydrogens is 381 g/mol. The largest absolute Gasteiger partial charge is 0.320 e. The van der Waals surface area contributed by atoms with Crippen LogP contribution in [-0.2, 0) is 9.84 Å². The number of halogens is 2. The molecule has 2 rings (SSSR count). The third-order valence-electron chi connectivity index (χ3n) is 3.34. The number of nitrogens with zero attached hydrogens (tertiary/aromatic N) is 1. The average molecular weight is 396 g/mol. The Morgan fingerprint density at radius 1 is 1.52 bits per heavy atom. The van der Waals surface area contributed by atoms with Crippen LogP contribution in [0, 0.1) is 5.82 Å². The van der Waals surface area contributed by atoms with Gasteiger partial charge in [0.25, 0.3) is 5.91 Å². The van der Waals surface area contributed by atoms with Crippen LogP contribution in [0.3, 0.4) is 0 Å². The predicted octanol–water partition coefficient (Wildman–Crippen LogP) is 2.54. The van der Waals surface area contributed by atoms with E-state index in [9.17, 15) is 17.6 Å². The molecule has 0 N–H and O–H groups in total. The van der Waals surface area contributed by atoms with Gasteiger partial charge in [-0.3, -0.25) is 4.79 Å². The summed E-state index contributed by atoms with van der Waals surface area (Å²) in [7, 11) is -3.40. The Hall–Kier alpha value is -0.600. The van der Waals surface area contributed by atoms with Crippen LogP contribution in [0.25, 0.3) is 0 Å². The lowest BCUT2D eigenvalue weighted by Crippen LogP contribution is -2.50. The molecule has 1 aliphatic rings. The molecule has 21 heavy (non-hydrogen) atoms. The third-order valence-corrected chi connectivity index (χ3v) is 7.29. The molecule has 1 aromatic carbocycles. The van der Waals surface area contributed by atoms with Crippen molar-refractivity contribution in [1.29, 1.82) is 0 Å². The standard InChI is InChI=1S/C13H15BrFNO3S2/c1-2-21(18,19)11-8-20-7-6-16(11)13(17)12-9(14)4-3-5-10(12)15/h3-5,11H,2,6-8H2,1H3. The first-order chi connectivity index (χ1) is 9.88. The Labute approximate surface area is 136 Å². The van der Waals surface area contributed by atoms with Crippen molar-refractivity contribution in [3.8, 4) is 0 Å². The van der Waals surface area contributed by atoms with Crippen molar-refractivity contribution in [2.75, 3.05) is 23.8 Å². The monoisotopic (exact) mass is 395 g/mol. The number of thioether (sulfide) groups is 1. The van der Waals surface area contributed by atoms with E-state index in [0.717, 1.165) is 0 Å². The Morgan fingerprint density at radius 3 is 2.86 bits per heavy atom. The minimum atomic E-state index is -3.40. The van der Waals surface area contributed by atoms with Crippen LogP contribution in [0.15, 0.2) is 22.7 Å². The molecule has 1 atom stereocenters. The second-order valence-corrected chi connectivity index (χ2v) is 9.03. The maximum atomic E-state index is 13.9. The Bertz CT molecular complexity index is 631. The Kier molecular flexibility index (Phi) is 5.32. The SMILES string of the molecule is CCS(=O)(=O)C1CSCCN1C(=O)c1c(F)cccc1Br. The van der Waals surface area contributed by atoms with Gasteiger partial charge in [-0.1, -0.05) is 13.0 Å². The van der Waals surface area contributed by atoms with Gasteiger partial charge in [0.1, 0.15) is 11.2 Å². The fourth-order valence-electron chi connectivity index (χ4n) is 2.15. The van der Waals surface area contributed by atoms with E-state index in [4.69, 9.17) is 0 Å². The highest BCUT2D eigenvalue weighted by Gasteiger charge is 2.37. The molecule has 1 amide bonds. The summed E-state index contributed by atoms with van der Waals surface area (Å²) in [6, 6.07) is 4.25. The van der Waals surface area contributed by atoms with Gasteiger partial charge < -0.3 is 4.90 Å². The van der Waals surface area contributed by atoms with Gasteiger partial charge in [-0.25, -0.2) is 12.8 Å². The normalized spacial score (nSPS) is 19.6. The molecular formula is C13H15BrFNO3S2. The van der Waals surface area contributed by atoms with Gasteiger partial charge in [-0.2, -0.15) is 11.8 Å². The van der Waals surface area contributed by atoms with E-state index in [1.165, 1.54) is 28.8 Å². The molecule has 1 fully saturated rings. The van der Waals surface area contributed by atoms with Crippen LogP contribution < -0.4 is 0 Å². The van der Waals surface area contributed by atoms with Gasteiger partial charge in [0, 0.05) is 28.3 Å². The Morgan fingerprint density at radius 2 is 2.24 bits per heavy atom. The van der Waals surface area contributed by atoms with E-state index in [-0.39, 0.29) is 11.3 Å². The van der Waals surface area contributed by atoms with E-state index in [0.29, 0.717) is 22.5 Å². The van der Waals surface area contributed by atoms with Crippen molar-refractivity contribution in [2.24, 2.45) is 0 Å². The maximum absolute atomic E-state index is 13.9. The van der Waals surface area contributed by atoms with E-state index in [2.05, 4.69) is 15.9 Å². The number of hydrogen-bond donors (Lipinski definition) is 0. The van der Waals surface area contributed by atoms with E-state index < -0.39 is 26.9 Å². The summed E-state index contributed by atoms with van der Waals surface area (Å²) in [5, 5.41) is -0.889. The number of rotatable bonds is 3. The molecule has 1 aromatic rings. The number of amides is 1. The van der Waals surface area contributed by atoms with Gasteiger partial charge in [-0.15, -0.1) is 0 Å². The highest BCUT2D eigenvalue weighted by molar-refractivity contribution is 9.10. The summed E-state index contributed by atoms with van der Waals surface area (Å²) in [5.74, 6) is -0.301. The van der Waals surface area contributed by atoms with Crippen LogP contribution in [0.5, 0.6) is 0 Å². The highest BCUT2D eigenvalue weighted by Crippen LogP contribution is 2.27. The van der Waals surface area contributed by atoms with Gasteiger partial charge in [0.2, 0.25) is 0 Å². The van der Waals surface area contributed by atoms with Crippen LogP contribution >= 0.6 is 27.7 Å². The molecule has 0 bridgehead atoms. The molecule has 1 unspecified atom stereocenters. The van der Waals surface area contributed by atoms with Crippen molar-refractivity contribution in [3.05, 3.63) is 34.1 Å². The van der Waals surface area contributed by atoms with E-state index >= 15 is 0 Å². The van der Waals surface area contributed by atoms with Gasteiger partial charge in [0.15, 0.2) is 9.84 Å². The zero-order chi connectivity index (χ0) is 15.6. The number of carbonyl (C=O) groups excluding carboxylic acids is 1. The first-order valence-corrected chi connectivity index (χ1v) is 10.1. The average Bonchev–Trinajstić information content (AvgIpc) is 2.47. The summed E-state index contributed by atoms with van der Waals surface area (Å²) in [5.41, 5.74) is -0.110. The van der Waals surface area contributed by atoms with Crippen molar-refractivity contribution in [1.82, 2.24) is 4.90 Å². The summed E-state index contributed by atoms with van der Waals surface area (Å²) < 4.78 is 38.6. The maximum Gasteiger partial charge on any atom is 0.259 e. The second-order valence-electron chi connectivity index (χ2n) is 4.58. The topological polar surface area (TPSA) is 54.5 Å². The lowest BCUT2D eigenvalue weighted by atomic mass is 10.2. The summed E-state index contributed by atoms with van der Waals surface area (Å²) in [6.07, 6.45) is 0. The Balaban J connectivity index is 2.40. The third kappa shape index (κ3) is 3.43. The van der Waals surface area contributed by atoms with Crippen LogP contribution in [-0.4, -0.2) is 48.4 Å². The predicted molar refractivity (Wildman–Crippen MR) is 85.7 cm³/mol. The van der Waals surface area contributed by atoms with Crippen molar-refractivity contribution >= 4 is 43.4 Å². The smallest absolute Gasteiger partial charge is 0.259 e. The number of hydrogen-bond acceptors (Lipinski definition) is 4. The number of sulfone groups is 1. The van der Waals surface area contributed by atoms with Crippen LogP contribution in [0.1, 0.15) is 17.3 Å². The number of benzene rings is 1. The summed E-state index contributed by atoms with van der Waals surface area (Å²) in [4.78, 5) is 13.9. The van der Waals surface area contributed by atoms with Crippen molar-refractivity contribution in [2.45, 2.75) is 12.3 Å². The first kappa shape index (κ1) is 16.8. The van der Waals surface area contributed by atoms with E-state index in [1.807, 2.05) is 0 Å². The van der Waals surface area contributed by atoms with Crippen molar-refractivity contribution < 1.29 is 17.6 Å². The fraction of sp³-hybridized carbons (Fsp3) is 0.462. The molecule has 1 heterocycles. The summed E-state index contributed by atoms with van der Waals surface area (Å²) >= 11 is 4.65. The van der Waals surface area contributed by atoms with E-state index in [1.54, 1.807) is 13.0 Å². The molecule has 116 valence electrons. The molecule has 4 nitrogen and oxygen atoms in total. The quantitative estimate of drug-likeness (QED) is 0.788. The zero-order valence-electron chi connectivity index (χ0n) is 11.4. The molecule has 0 radical (unpaired) electrons. The lowest BCUT2D eigenvalue weighted by molar-refractivity contribution is 0.0743. The van der Waals surface area contributed by atoms with Gasteiger partial charge in [0.05, 0.1) is 5.56 Å². The van der Waals surface area contributed by atoms with Gasteiger partial charge in [-0.05, 0) is 28.1 Å². The van der Waals surface area contributed by atoms with Gasteiger partial charge >= 0.3 is 0 Å². The molecule has 0 aromatic heterocycles. The highest BCUT2D eigenvalue weighted by atomic mass is 79.9. The van der Waals surface area contributed by atoms with Crippen LogP contribution in [0.2, 0.25) is 0 Å². The molecule has 0 spiro atoms. The fourth-order valence-corrected chi connectivity index (χ4v) is 5.63. The van der Waals surface area contributed by atoms with Crippen LogP contribution in [0.4, 0.5) is 4.39 Å². The summed E-state index contributed by atoms with van der Waals surface area (Å²) in [6.45, 7) is 1.85. The molecule has 1 aliphatic heterocycles.